The number of esters is 1. The van der Waals surface area contributed by atoms with E-state index in [1.165, 1.54) is 29.2 Å². The number of thiophene rings is 1. The van der Waals surface area contributed by atoms with Crippen LogP contribution < -0.4 is 10.9 Å². The lowest BCUT2D eigenvalue weighted by molar-refractivity contribution is -0.156. The molecule has 2 rings (SSSR count). The van der Waals surface area contributed by atoms with E-state index in [1.54, 1.807) is 0 Å². The van der Waals surface area contributed by atoms with Crippen molar-refractivity contribution in [3.8, 4) is 0 Å². The van der Waals surface area contributed by atoms with Crippen molar-refractivity contribution in [2.75, 3.05) is 0 Å². The van der Waals surface area contributed by atoms with Crippen molar-refractivity contribution in [3.05, 3.63) is 27.1 Å². The summed E-state index contributed by atoms with van der Waals surface area (Å²) in [7, 11) is 0. The smallest absolute Gasteiger partial charge is 0.326 e. The zero-order valence-corrected chi connectivity index (χ0v) is 16.1. The first-order valence-electron chi connectivity index (χ1n) is 7.96. The predicted molar refractivity (Wildman–Crippen MR) is 96.8 cm³/mol. The summed E-state index contributed by atoms with van der Waals surface area (Å²) >= 11 is 1.45. The summed E-state index contributed by atoms with van der Waals surface area (Å²) in [6.45, 7) is 10.5. The highest BCUT2D eigenvalue weighted by Gasteiger charge is 2.23. The molecule has 0 saturated heterocycles. The van der Waals surface area contributed by atoms with E-state index >= 15 is 0 Å². The molecule has 8 heteroatoms. The lowest BCUT2D eigenvalue weighted by Gasteiger charge is -2.23. The van der Waals surface area contributed by atoms with Gasteiger partial charge in [-0.25, -0.2) is 4.98 Å². The summed E-state index contributed by atoms with van der Waals surface area (Å²) in [6, 6.07) is 0. The second-order valence-corrected chi connectivity index (χ2v) is 8.22. The summed E-state index contributed by atoms with van der Waals surface area (Å²) in [5, 5.41) is 3.26. The molecular weight excluding hydrogens is 342 g/mol. The summed E-state index contributed by atoms with van der Waals surface area (Å²) < 4.78 is 6.34. The minimum atomic E-state index is -0.941. The molecule has 1 atom stereocenters. The largest absolute Gasteiger partial charge is 0.451 e. The molecular formula is C17H23N3O4S. The van der Waals surface area contributed by atoms with Gasteiger partial charge in [0.15, 0.2) is 6.10 Å². The molecule has 0 saturated carbocycles. The lowest BCUT2D eigenvalue weighted by atomic mass is 10.1. The van der Waals surface area contributed by atoms with Crippen molar-refractivity contribution in [2.24, 2.45) is 0 Å². The Hall–Kier alpha value is -2.22. The van der Waals surface area contributed by atoms with Crippen LogP contribution in [0.2, 0.25) is 0 Å². The Kier molecular flexibility index (Phi) is 5.31. The first-order valence-corrected chi connectivity index (χ1v) is 8.78. The van der Waals surface area contributed by atoms with Crippen molar-refractivity contribution in [2.45, 2.75) is 59.7 Å². The van der Waals surface area contributed by atoms with Gasteiger partial charge in [0, 0.05) is 10.4 Å². The van der Waals surface area contributed by atoms with Crippen molar-refractivity contribution in [3.63, 3.8) is 0 Å². The fourth-order valence-electron chi connectivity index (χ4n) is 2.28. The van der Waals surface area contributed by atoms with Gasteiger partial charge >= 0.3 is 5.97 Å². The zero-order valence-electron chi connectivity index (χ0n) is 15.3. The van der Waals surface area contributed by atoms with Gasteiger partial charge in [-0.05, 0) is 47.1 Å². The third-order valence-corrected chi connectivity index (χ3v) is 4.75. The van der Waals surface area contributed by atoms with E-state index in [1.807, 2.05) is 34.6 Å². The number of fused-ring (bicyclic) bond motifs is 1. The van der Waals surface area contributed by atoms with E-state index in [4.69, 9.17) is 4.74 Å². The van der Waals surface area contributed by atoms with Gasteiger partial charge < -0.3 is 10.1 Å². The van der Waals surface area contributed by atoms with E-state index in [-0.39, 0.29) is 18.0 Å². The number of nitrogens with one attached hydrogen (secondary N) is 1. The third-order valence-electron chi connectivity index (χ3n) is 3.63. The van der Waals surface area contributed by atoms with Gasteiger partial charge in [-0.1, -0.05) is 0 Å². The van der Waals surface area contributed by atoms with E-state index in [9.17, 15) is 14.4 Å². The van der Waals surface area contributed by atoms with Crippen LogP contribution in [0.4, 0.5) is 0 Å². The van der Waals surface area contributed by atoms with Crippen LogP contribution >= 0.6 is 11.3 Å². The molecule has 0 radical (unpaired) electrons. The highest BCUT2D eigenvalue weighted by Crippen LogP contribution is 2.25. The minimum absolute atomic E-state index is 0.282. The van der Waals surface area contributed by atoms with Crippen LogP contribution in [0.5, 0.6) is 0 Å². The molecule has 0 aliphatic rings. The Morgan fingerprint density at radius 2 is 2.00 bits per heavy atom. The first kappa shape index (κ1) is 19.1. The molecule has 0 spiro atoms. The number of carbonyl (C=O) groups is 2. The molecule has 0 bridgehead atoms. The molecule has 0 aliphatic carbocycles. The zero-order chi connectivity index (χ0) is 18.9. The molecule has 136 valence electrons. The monoisotopic (exact) mass is 365 g/mol. The van der Waals surface area contributed by atoms with Crippen LogP contribution in [-0.4, -0.2) is 33.1 Å². The van der Waals surface area contributed by atoms with E-state index in [2.05, 4.69) is 10.3 Å². The Balaban J connectivity index is 2.12. The van der Waals surface area contributed by atoms with Gasteiger partial charge in [-0.3, -0.25) is 19.0 Å². The molecule has 0 aliphatic heterocycles. The Morgan fingerprint density at radius 1 is 1.36 bits per heavy atom. The van der Waals surface area contributed by atoms with Gasteiger partial charge in [0.1, 0.15) is 11.4 Å². The van der Waals surface area contributed by atoms with Crippen LogP contribution in [-0.2, 0) is 20.9 Å². The number of ether oxygens (including phenoxy) is 1. The number of nitrogens with zero attached hydrogens (tertiary/aromatic N) is 2. The van der Waals surface area contributed by atoms with E-state index in [0.717, 1.165) is 10.4 Å². The van der Waals surface area contributed by atoms with Crippen LogP contribution in [0.15, 0.2) is 11.1 Å². The maximum Gasteiger partial charge on any atom is 0.326 e. The van der Waals surface area contributed by atoms with Crippen molar-refractivity contribution >= 4 is 33.4 Å². The van der Waals surface area contributed by atoms with Crippen molar-refractivity contribution < 1.29 is 14.3 Å². The molecule has 2 heterocycles. The highest BCUT2D eigenvalue weighted by molar-refractivity contribution is 7.18. The molecule has 2 aromatic heterocycles. The second-order valence-electron chi connectivity index (χ2n) is 7.01. The van der Waals surface area contributed by atoms with Gasteiger partial charge in [0.2, 0.25) is 0 Å². The third kappa shape index (κ3) is 4.45. The number of carbonyl (C=O) groups excluding carboxylic acids is 2. The molecule has 2 aromatic rings. The van der Waals surface area contributed by atoms with Crippen LogP contribution in [0, 0.1) is 13.8 Å². The Labute approximate surface area is 150 Å². The maximum atomic E-state index is 12.5. The summed E-state index contributed by atoms with van der Waals surface area (Å²) in [6.07, 6.45) is 0.394. The summed E-state index contributed by atoms with van der Waals surface area (Å²) in [5.41, 5.74) is 0.173. The number of aromatic nitrogens is 2. The predicted octanol–water partition coefficient (Wildman–Crippen LogP) is 1.92. The average Bonchev–Trinajstić information content (AvgIpc) is 2.76. The maximum absolute atomic E-state index is 12.5. The van der Waals surface area contributed by atoms with Gasteiger partial charge in [0.05, 0.1) is 11.7 Å². The molecule has 7 nitrogen and oxygen atoms in total. The summed E-state index contributed by atoms with van der Waals surface area (Å²) in [4.78, 5) is 42.5. The van der Waals surface area contributed by atoms with E-state index in [0.29, 0.717) is 10.2 Å². The fourth-order valence-corrected chi connectivity index (χ4v) is 3.27. The molecule has 1 amide bonds. The number of amides is 1. The highest BCUT2D eigenvalue weighted by atomic mass is 32.1. The number of hydrogen-bond donors (Lipinski definition) is 1. The number of aryl methyl sites for hydroxylation is 2. The van der Waals surface area contributed by atoms with Crippen molar-refractivity contribution in [1.82, 2.24) is 14.9 Å². The molecule has 0 unspecified atom stereocenters. The van der Waals surface area contributed by atoms with E-state index < -0.39 is 17.6 Å². The van der Waals surface area contributed by atoms with Crippen molar-refractivity contribution in [1.29, 1.82) is 0 Å². The van der Waals surface area contributed by atoms with Gasteiger partial charge in [-0.2, -0.15) is 0 Å². The molecule has 0 fully saturated rings. The summed E-state index contributed by atoms with van der Waals surface area (Å²) in [5.74, 6) is -1.05. The lowest BCUT2D eigenvalue weighted by Crippen LogP contribution is -2.46. The fraction of sp³-hybridized carbons (Fsp3) is 0.529. The average molecular weight is 365 g/mol. The molecule has 25 heavy (non-hydrogen) atoms. The van der Waals surface area contributed by atoms with Crippen LogP contribution in [0.1, 0.15) is 38.1 Å². The standard InChI is InChI=1S/C17H23N3O4S/c1-9-11(3)25-15-13(9)16(23)20(8-18-15)7-12(21)24-10(2)14(22)19-17(4,5)6/h8,10H,7H2,1-6H3,(H,19,22)/t10-/m1/s1. The minimum Gasteiger partial charge on any atom is -0.451 e. The SMILES string of the molecule is Cc1sc2ncn(CC(=O)O[C@H](C)C(=O)NC(C)(C)C)c(=O)c2c1C. The number of rotatable bonds is 4. The number of hydrogen-bond acceptors (Lipinski definition) is 6. The Morgan fingerprint density at radius 3 is 2.60 bits per heavy atom. The Bertz CT molecular complexity index is 876. The molecule has 0 aromatic carbocycles. The quantitative estimate of drug-likeness (QED) is 0.836. The molecule has 1 N–H and O–H groups in total. The van der Waals surface area contributed by atoms with Gasteiger partial charge in [-0.15, -0.1) is 11.3 Å². The first-order chi connectivity index (χ1) is 11.5. The van der Waals surface area contributed by atoms with Gasteiger partial charge in [0.25, 0.3) is 11.5 Å². The van der Waals surface area contributed by atoms with Crippen LogP contribution in [0.3, 0.4) is 0 Å². The van der Waals surface area contributed by atoms with Crippen LogP contribution in [0.25, 0.3) is 10.2 Å². The normalized spacial score (nSPS) is 12.9. The second kappa shape index (κ2) is 6.95. The topological polar surface area (TPSA) is 90.3 Å².